The molecule has 32 heavy (non-hydrogen) atoms. The van der Waals surface area contributed by atoms with Gasteiger partial charge >= 0.3 is 0 Å². The molecule has 2 heterocycles. The monoisotopic (exact) mass is 432 g/mol. The van der Waals surface area contributed by atoms with Crippen LogP contribution >= 0.6 is 0 Å². The third kappa shape index (κ3) is 4.44. The number of benzene rings is 2. The van der Waals surface area contributed by atoms with Crippen LogP contribution in [0.4, 0.5) is 0 Å². The average molecular weight is 432 g/mol. The van der Waals surface area contributed by atoms with Crippen LogP contribution in [0.1, 0.15) is 41.4 Å². The van der Waals surface area contributed by atoms with Gasteiger partial charge in [-0.2, -0.15) is 0 Å². The van der Waals surface area contributed by atoms with Crippen molar-refractivity contribution in [1.29, 1.82) is 0 Å². The first kappa shape index (κ1) is 21.4. The fourth-order valence-corrected chi connectivity index (χ4v) is 3.92. The number of carbonyl (C=O) groups is 3. The Hall–Kier alpha value is -3.81. The van der Waals surface area contributed by atoms with Crippen LogP contribution in [0, 0.1) is 13.8 Å². The number of hydrogen-bond donors (Lipinski definition) is 2. The zero-order chi connectivity index (χ0) is 22.8. The van der Waals surface area contributed by atoms with Gasteiger partial charge in [-0.15, -0.1) is 0 Å². The Morgan fingerprint density at radius 1 is 1.09 bits per heavy atom. The second kappa shape index (κ2) is 8.74. The number of hydrogen-bond acceptors (Lipinski definition) is 5. The van der Waals surface area contributed by atoms with Crippen LogP contribution in [0.5, 0.6) is 0 Å². The predicted octanol–water partition coefficient (Wildman–Crippen LogP) is 1.85. The Morgan fingerprint density at radius 2 is 1.81 bits per heavy atom. The van der Waals surface area contributed by atoms with Crippen molar-refractivity contribution < 1.29 is 14.4 Å². The van der Waals surface area contributed by atoms with Gasteiger partial charge in [-0.05, 0) is 43.5 Å². The average Bonchev–Trinajstić information content (AvgIpc) is 2.75. The number of fused-ring (bicyclic) bond motifs is 1. The Morgan fingerprint density at radius 3 is 2.53 bits per heavy atom. The third-order valence-corrected chi connectivity index (χ3v) is 5.64. The van der Waals surface area contributed by atoms with Gasteiger partial charge in [0, 0.05) is 13.0 Å². The van der Waals surface area contributed by atoms with Crippen LogP contribution in [0.2, 0.25) is 0 Å². The quantitative estimate of drug-likeness (QED) is 0.598. The smallest absolute Gasteiger partial charge is 0.262 e. The number of carbonyl (C=O) groups excluding carboxylic acids is 3. The molecule has 1 fully saturated rings. The molecule has 3 amide bonds. The number of piperidine rings is 1. The highest BCUT2D eigenvalue weighted by Gasteiger charge is 2.30. The summed E-state index contributed by atoms with van der Waals surface area (Å²) < 4.78 is 1.35. The van der Waals surface area contributed by atoms with E-state index in [4.69, 9.17) is 0 Å². The predicted molar refractivity (Wildman–Crippen MR) is 119 cm³/mol. The van der Waals surface area contributed by atoms with Crippen molar-refractivity contribution in [3.63, 3.8) is 0 Å². The molecule has 8 heteroatoms. The molecule has 0 aliphatic carbocycles. The van der Waals surface area contributed by atoms with Gasteiger partial charge in [0.25, 0.3) is 5.56 Å². The number of aryl methyl sites for hydroxylation is 2. The second-order valence-electron chi connectivity index (χ2n) is 8.09. The van der Waals surface area contributed by atoms with Crippen LogP contribution < -0.4 is 16.2 Å². The van der Waals surface area contributed by atoms with Crippen LogP contribution in [0.25, 0.3) is 10.9 Å². The number of imide groups is 1. The van der Waals surface area contributed by atoms with Crippen LogP contribution in [-0.2, 0) is 27.3 Å². The molecule has 8 nitrogen and oxygen atoms in total. The van der Waals surface area contributed by atoms with Crippen molar-refractivity contribution in [2.75, 3.05) is 0 Å². The van der Waals surface area contributed by atoms with Gasteiger partial charge in [0.1, 0.15) is 11.9 Å². The zero-order valence-electron chi connectivity index (χ0n) is 18.0. The van der Waals surface area contributed by atoms with Gasteiger partial charge in [-0.3, -0.25) is 29.1 Å². The minimum atomic E-state index is -0.769. The van der Waals surface area contributed by atoms with Gasteiger partial charge in [0.2, 0.25) is 17.7 Å². The summed E-state index contributed by atoms with van der Waals surface area (Å²) in [6, 6.07) is 12.3. The lowest BCUT2D eigenvalue weighted by Gasteiger charge is -2.24. The van der Waals surface area contributed by atoms with Gasteiger partial charge < -0.3 is 5.32 Å². The highest BCUT2D eigenvalue weighted by Crippen LogP contribution is 2.20. The maximum absolute atomic E-state index is 13.2. The Balaban J connectivity index is 1.54. The van der Waals surface area contributed by atoms with Crippen LogP contribution in [0.15, 0.2) is 47.3 Å². The topological polar surface area (TPSA) is 110 Å². The molecule has 1 aliphatic rings. The van der Waals surface area contributed by atoms with E-state index in [1.807, 2.05) is 37.3 Å². The van der Waals surface area contributed by atoms with Crippen molar-refractivity contribution in [3.8, 4) is 0 Å². The van der Waals surface area contributed by atoms with E-state index in [2.05, 4.69) is 15.6 Å². The minimum absolute atomic E-state index is 0.114. The largest absolute Gasteiger partial charge is 0.352 e. The SMILES string of the molecule is Cc1ccc(CC(=O)NCc2ccc3nc(C)n(C4CCC(=O)NC4=O)c(=O)c3c2)cc1. The Labute approximate surface area is 184 Å². The van der Waals surface area contributed by atoms with Crippen molar-refractivity contribution in [1.82, 2.24) is 20.2 Å². The van der Waals surface area contributed by atoms with E-state index >= 15 is 0 Å². The summed E-state index contributed by atoms with van der Waals surface area (Å²) >= 11 is 0. The second-order valence-corrected chi connectivity index (χ2v) is 8.09. The molecule has 1 atom stereocenters. The molecule has 0 bridgehead atoms. The van der Waals surface area contributed by atoms with Gasteiger partial charge in [-0.1, -0.05) is 35.9 Å². The molecule has 4 rings (SSSR count). The van der Waals surface area contributed by atoms with E-state index in [-0.39, 0.29) is 43.2 Å². The summed E-state index contributed by atoms with van der Waals surface area (Å²) in [6.07, 6.45) is 0.706. The molecular formula is C24H24N4O4. The number of nitrogens with zero attached hydrogens (tertiary/aromatic N) is 2. The van der Waals surface area contributed by atoms with Gasteiger partial charge in [-0.25, -0.2) is 4.98 Å². The van der Waals surface area contributed by atoms with E-state index in [1.165, 1.54) is 4.57 Å². The van der Waals surface area contributed by atoms with E-state index in [1.54, 1.807) is 19.1 Å². The van der Waals surface area contributed by atoms with Crippen molar-refractivity contribution >= 4 is 28.6 Å². The maximum atomic E-state index is 13.2. The van der Waals surface area contributed by atoms with Crippen molar-refractivity contribution in [2.45, 2.75) is 45.7 Å². The Bertz CT molecular complexity index is 1280. The van der Waals surface area contributed by atoms with E-state index in [9.17, 15) is 19.2 Å². The summed E-state index contributed by atoms with van der Waals surface area (Å²) in [7, 11) is 0. The van der Waals surface area contributed by atoms with E-state index in [0.717, 1.165) is 16.7 Å². The number of amides is 3. The van der Waals surface area contributed by atoms with Crippen LogP contribution in [0.3, 0.4) is 0 Å². The summed E-state index contributed by atoms with van der Waals surface area (Å²) in [5.74, 6) is -0.533. The zero-order valence-corrected chi connectivity index (χ0v) is 18.0. The fourth-order valence-electron chi connectivity index (χ4n) is 3.92. The summed E-state index contributed by atoms with van der Waals surface area (Å²) in [4.78, 5) is 53.7. The molecule has 1 aromatic heterocycles. The fraction of sp³-hybridized carbons (Fsp3) is 0.292. The molecule has 0 radical (unpaired) electrons. The summed E-state index contributed by atoms with van der Waals surface area (Å²) in [5.41, 5.74) is 3.00. The maximum Gasteiger partial charge on any atom is 0.262 e. The lowest BCUT2D eigenvalue weighted by atomic mass is 10.0. The molecule has 1 unspecified atom stereocenters. The van der Waals surface area contributed by atoms with E-state index in [0.29, 0.717) is 16.7 Å². The van der Waals surface area contributed by atoms with Crippen molar-refractivity contribution in [2.24, 2.45) is 0 Å². The van der Waals surface area contributed by atoms with Crippen LogP contribution in [-0.4, -0.2) is 27.3 Å². The van der Waals surface area contributed by atoms with Crippen molar-refractivity contribution in [3.05, 3.63) is 75.3 Å². The first-order valence-corrected chi connectivity index (χ1v) is 10.5. The standard InChI is InChI=1S/C24H24N4O4/c1-14-3-5-16(6-4-14)12-22(30)25-13-17-7-8-19-18(11-17)24(32)28(15(2)26-19)20-9-10-21(29)27-23(20)31/h3-8,11,20H,9-10,12-13H2,1-2H3,(H,25,30)(H,27,29,31). The molecule has 2 N–H and O–H groups in total. The molecule has 164 valence electrons. The normalized spacial score (nSPS) is 16.1. The molecular weight excluding hydrogens is 408 g/mol. The molecule has 0 spiro atoms. The Kier molecular flexibility index (Phi) is 5.85. The van der Waals surface area contributed by atoms with E-state index < -0.39 is 11.9 Å². The van der Waals surface area contributed by atoms with Gasteiger partial charge in [0.15, 0.2) is 0 Å². The summed E-state index contributed by atoms with van der Waals surface area (Å²) in [5, 5.41) is 5.53. The minimum Gasteiger partial charge on any atom is -0.352 e. The highest BCUT2D eigenvalue weighted by molar-refractivity contribution is 5.99. The first-order chi connectivity index (χ1) is 15.3. The summed E-state index contributed by atoms with van der Waals surface area (Å²) in [6.45, 7) is 3.93. The molecule has 3 aromatic rings. The number of nitrogens with one attached hydrogen (secondary N) is 2. The molecule has 1 aliphatic heterocycles. The lowest BCUT2D eigenvalue weighted by Crippen LogP contribution is -2.45. The third-order valence-electron chi connectivity index (χ3n) is 5.64. The number of aromatic nitrogens is 2. The molecule has 0 saturated carbocycles. The first-order valence-electron chi connectivity index (χ1n) is 10.5. The van der Waals surface area contributed by atoms with Gasteiger partial charge in [0.05, 0.1) is 17.3 Å². The lowest BCUT2D eigenvalue weighted by molar-refractivity contribution is -0.135. The molecule has 1 saturated heterocycles. The molecule has 2 aromatic carbocycles. The highest BCUT2D eigenvalue weighted by atomic mass is 16.2. The number of rotatable bonds is 5.